The van der Waals surface area contributed by atoms with E-state index >= 15 is 0 Å². The Morgan fingerprint density at radius 2 is 1.68 bits per heavy atom. The third-order valence-corrected chi connectivity index (χ3v) is 7.82. The fourth-order valence-electron chi connectivity index (χ4n) is 5.68. The van der Waals surface area contributed by atoms with E-state index in [-0.39, 0.29) is 30.4 Å². The van der Waals surface area contributed by atoms with Gasteiger partial charge < -0.3 is 26.6 Å². The fourth-order valence-corrected chi connectivity index (χ4v) is 5.68. The van der Waals surface area contributed by atoms with Crippen molar-refractivity contribution >= 4 is 23.9 Å². The van der Waals surface area contributed by atoms with E-state index in [9.17, 15) is 14.4 Å². The molecule has 1 aliphatic carbocycles. The third kappa shape index (κ3) is 7.95. The van der Waals surface area contributed by atoms with Crippen LogP contribution in [0.3, 0.4) is 0 Å². The van der Waals surface area contributed by atoms with E-state index in [1.165, 1.54) is 28.7 Å². The van der Waals surface area contributed by atoms with Gasteiger partial charge in [-0.3, -0.25) is 14.4 Å². The summed E-state index contributed by atoms with van der Waals surface area (Å²) >= 11 is 0. The van der Waals surface area contributed by atoms with Gasteiger partial charge in [-0.05, 0) is 79.6 Å². The van der Waals surface area contributed by atoms with Gasteiger partial charge in [0.1, 0.15) is 6.04 Å². The lowest BCUT2D eigenvalue weighted by Crippen LogP contribution is -2.54. The molecule has 0 radical (unpaired) electrons. The predicted octanol–water partition coefficient (Wildman–Crippen LogP) is 3.30. The largest absolute Gasteiger partial charge is 0.399 e. The SMILES string of the molecule is CNCC(=O)NC(Cc1ccc(N)cc1)C(=O)N1Cc2ccccc2C[C@H]1C.O=CN[C@@H]1CCCc2ccccc21. The molecule has 5 rings (SSSR count). The van der Waals surface area contributed by atoms with Crippen molar-refractivity contribution in [2.75, 3.05) is 19.3 Å². The van der Waals surface area contributed by atoms with E-state index in [0.29, 0.717) is 18.7 Å². The molecule has 8 heteroatoms. The summed E-state index contributed by atoms with van der Waals surface area (Å²) in [6.45, 7) is 2.80. The van der Waals surface area contributed by atoms with Crippen molar-refractivity contribution < 1.29 is 14.4 Å². The first-order chi connectivity index (χ1) is 19.9. The number of rotatable bonds is 8. The molecule has 5 N–H and O–H groups in total. The minimum Gasteiger partial charge on any atom is -0.399 e. The zero-order valence-corrected chi connectivity index (χ0v) is 23.9. The number of nitrogen functional groups attached to an aromatic ring is 1. The van der Waals surface area contributed by atoms with Gasteiger partial charge in [0, 0.05) is 24.7 Å². The van der Waals surface area contributed by atoms with Crippen LogP contribution in [-0.2, 0) is 40.2 Å². The summed E-state index contributed by atoms with van der Waals surface area (Å²) in [5, 5.41) is 8.59. The number of hydrogen-bond donors (Lipinski definition) is 4. The van der Waals surface area contributed by atoms with Crippen LogP contribution in [0.5, 0.6) is 0 Å². The molecule has 0 bridgehead atoms. The van der Waals surface area contributed by atoms with Crippen LogP contribution in [0.2, 0.25) is 0 Å². The zero-order chi connectivity index (χ0) is 29.2. The molecule has 3 aromatic rings. The molecule has 3 atom stereocenters. The zero-order valence-electron chi connectivity index (χ0n) is 23.9. The average molecular weight is 556 g/mol. The Morgan fingerprint density at radius 3 is 2.39 bits per heavy atom. The predicted molar refractivity (Wildman–Crippen MR) is 162 cm³/mol. The van der Waals surface area contributed by atoms with Crippen molar-refractivity contribution in [3.8, 4) is 0 Å². The average Bonchev–Trinajstić information content (AvgIpc) is 2.98. The molecule has 1 heterocycles. The number of carbonyl (C=O) groups excluding carboxylic acids is 3. The second-order valence-electron chi connectivity index (χ2n) is 10.8. The third-order valence-electron chi connectivity index (χ3n) is 7.82. The number of hydrogen-bond acceptors (Lipinski definition) is 5. The Bertz CT molecular complexity index is 1330. The van der Waals surface area contributed by atoms with E-state index < -0.39 is 6.04 Å². The highest BCUT2D eigenvalue weighted by Crippen LogP contribution is 2.29. The molecule has 0 spiro atoms. The van der Waals surface area contributed by atoms with Crippen LogP contribution in [-0.4, -0.2) is 48.8 Å². The number of nitrogens with two attached hydrogens (primary N) is 1. The second kappa shape index (κ2) is 14.5. The Balaban J connectivity index is 0.000000247. The maximum Gasteiger partial charge on any atom is 0.246 e. The number of fused-ring (bicyclic) bond motifs is 2. The van der Waals surface area contributed by atoms with Crippen molar-refractivity contribution in [3.05, 3.63) is 101 Å². The van der Waals surface area contributed by atoms with E-state index in [1.54, 1.807) is 7.05 Å². The lowest BCUT2D eigenvalue weighted by Gasteiger charge is -2.37. The minimum atomic E-state index is -0.614. The van der Waals surface area contributed by atoms with Crippen molar-refractivity contribution in [3.63, 3.8) is 0 Å². The first-order valence-corrected chi connectivity index (χ1v) is 14.3. The summed E-state index contributed by atoms with van der Waals surface area (Å²) in [6, 6.07) is 23.7. The van der Waals surface area contributed by atoms with Crippen molar-refractivity contribution in [1.29, 1.82) is 0 Å². The summed E-state index contributed by atoms with van der Waals surface area (Å²) < 4.78 is 0. The summed E-state index contributed by atoms with van der Waals surface area (Å²) in [5.74, 6) is -0.246. The van der Waals surface area contributed by atoms with Gasteiger partial charge in [0.25, 0.3) is 0 Å². The van der Waals surface area contributed by atoms with Gasteiger partial charge in [-0.2, -0.15) is 0 Å². The highest BCUT2D eigenvalue weighted by atomic mass is 16.2. The maximum atomic E-state index is 13.4. The van der Waals surface area contributed by atoms with Gasteiger partial charge in [0.2, 0.25) is 18.2 Å². The van der Waals surface area contributed by atoms with Crippen molar-refractivity contribution in [1.82, 2.24) is 20.9 Å². The number of nitrogens with zero attached hydrogens (tertiary/aromatic N) is 1. The van der Waals surface area contributed by atoms with Crippen LogP contribution in [0.15, 0.2) is 72.8 Å². The summed E-state index contributed by atoms with van der Waals surface area (Å²) in [7, 11) is 1.71. The van der Waals surface area contributed by atoms with Crippen LogP contribution >= 0.6 is 0 Å². The normalized spacial score (nSPS) is 18.0. The van der Waals surface area contributed by atoms with Gasteiger partial charge >= 0.3 is 0 Å². The molecule has 0 fully saturated rings. The highest BCUT2D eigenvalue weighted by Gasteiger charge is 2.32. The van der Waals surface area contributed by atoms with Gasteiger partial charge in [-0.15, -0.1) is 0 Å². The summed E-state index contributed by atoms with van der Waals surface area (Å²) in [5.41, 5.74) is 12.5. The Labute approximate surface area is 242 Å². The van der Waals surface area contributed by atoms with Crippen LogP contribution in [0.4, 0.5) is 5.69 Å². The summed E-state index contributed by atoms with van der Waals surface area (Å²) in [6.07, 6.45) is 5.43. The maximum absolute atomic E-state index is 13.4. The minimum absolute atomic E-state index is 0.0525. The van der Waals surface area contributed by atoms with E-state index in [2.05, 4.69) is 53.2 Å². The van der Waals surface area contributed by atoms with Crippen molar-refractivity contribution in [2.45, 2.75) is 63.7 Å². The molecule has 216 valence electrons. The Hall–Kier alpha value is -4.17. The molecule has 1 aliphatic heterocycles. The molecule has 0 saturated heterocycles. The number of nitrogens with one attached hydrogen (secondary N) is 3. The topological polar surface area (TPSA) is 117 Å². The standard InChI is InChI=1S/C22H28N4O2.C11H13NO/c1-15-11-17-5-3-4-6-18(17)14-26(15)22(28)20(25-21(27)13-24-2)12-16-7-9-19(23)10-8-16;13-8-12-11-7-3-5-9-4-1-2-6-10(9)11/h3-10,15,20,24H,11-14,23H2,1-2H3,(H,25,27);1-2,4,6,8,11H,3,5,7H2,(H,12,13)/t15-,20?;11-/m11/s1. The van der Waals surface area contributed by atoms with Gasteiger partial charge in [0.15, 0.2) is 0 Å². The number of likely N-dealkylation sites (N-methyl/N-ethyl adjacent to an activating group) is 1. The van der Waals surface area contributed by atoms with Crippen LogP contribution < -0.4 is 21.7 Å². The molecule has 2 aliphatic rings. The molecule has 1 unspecified atom stereocenters. The smallest absolute Gasteiger partial charge is 0.246 e. The first kappa shape index (κ1) is 29.8. The Kier molecular flexibility index (Phi) is 10.5. The molecular weight excluding hydrogens is 514 g/mol. The number of aryl methyl sites for hydroxylation is 1. The van der Waals surface area contributed by atoms with Crippen LogP contribution in [0.25, 0.3) is 0 Å². The van der Waals surface area contributed by atoms with Crippen LogP contribution in [0.1, 0.15) is 53.6 Å². The Morgan fingerprint density at radius 1 is 1.00 bits per heavy atom. The molecular formula is C33H41N5O3. The van der Waals surface area contributed by atoms with Gasteiger partial charge in [-0.25, -0.2) is 0 Å². The van der Waals surface area contributed by atoms with Gasteiger partial charge in [0.05, 0.1) is 12.6 Å². The van der Waals surface area contributed by atoms with Gasteiger partial charge in [-0.1, -0.05) is 60.7 Å². The number of amides is 3. The van der Waals surface area contributed by atoms with Crippen LogP contribution in [0, 0.1) is 0 Å². The molecule has 3 amide bonds. The van der Waals surface area contributed by atoms with E-state index in [1.807, 2.05) is 47.4 Å². The fraction of sp³-hybridized carbons (Fsp3) is 0.364. The molecule has 0 aromatic heterocycles. The molecule has 3 aromatic carbocycles. The van der Waals surface area contributed by atoms with E-state index in [0.717, 1.165) is 31.2 Å². The van der Waals surface area contributed by atoms with Crippen molar-refractivity contribution in [2.24, 2.45) is 0 Å². The lowest BCUT2D eigenvalue weighted by molar-refractivity contribution is -0.139. The lowest BCUT2D eigenvalue weighted by atomic mass is 9.88. The first-order valence-electron chi connectivity index (χ1n) is 14.3. The number of carbonyl (C=O) groups is 3. The monoisotopic (exact) mass is 555 g/mol. The number of anilines is 1. The van der Waals surface area contributed by atoms with E-state index in [4.69, 9.17) is 5.73 Å². The second-order valence-corrected chi connectivity index (χ2v) is 10.8. The quantitative estimate of drug-likeness (QED) is 0.251. The summed E-state index contributed by atoms with van der Waals surface area (Å²) in [4.78, 5) is 37.8. The number of benzene rings is 3. The highest BCUT2D eigenvalue weighted by molar-refractivity contribution is 5.89. The molecule has 41 heavy (non-hydrogen) atoms. The molecule has 8 nitrogen and oxygen atoms in total. The molecule has 0 saturated carbocycles.